The number of nitrogens with one attached hydrogen (secondary N) is 1. The zero-order valence-electron chi connectivity index (χ0n) is 14.3. The van der Waals surface area contributed by atoms with Crippen LogP contribution in [0.3, 0.4) is 0 Å². The monoisotopic (exact) mass is 359 g/mol. The van der Waals surface area contributed by atoms with E-state index in [1.165, 1.54) is 6.07 Å². The largest absolute Gasteiger partial charge is 0.417 e. The highest BCUT2D eigenvalue weighted by Gasteiger charge is 2.31. The van der Waals surface area contributed by atoms with Crippen LogP contribution in [0.15, 0.2) is 42.6 Å². The number of anilines is 1. The van der Waals surface area contributed by atoms with Gasteiger partial charge in [-0.2, -0.15) is 13.2 Å². The molecule has 1 atom stereocenters. The number of hydrogen-bond donors (Lipinski definition) is 1. The Bertz CT molecular complexity index is 761. The number of rotatable bonds is 4. The average molecular weight is 359 g/mol. The molecule has 1 fully saturated rings. The summed E-state index contributed by atoms with van der Waals surface area (Å²) in [6.07, 6.45) is 3.90. The van der Waals surface area contributed by atoms with Crippen LogP contribution >= 0.6 is 0 Å². The van der Waals surface area contributed by atoms with Crippen LogP contribution in [-0.4, -0.2) is 24.1 Å². The van der Waals surface area contributed by atoms with Crippen LogP contribution < -0.4 is 10.2 Å². The van der Waals surface area contributed by atoms with Crippen molar-refractivity contribution in [2.45, 2.75) is 31.6 Å². The summed E-state index contributed by atoms with van der Waals surface area (Å²) in [5.74, 6) is 3.18. The Morgan fingerprint density at radius 2 is 1.96 bits per heavy atom. The van der Waals surface area contributed by atoms with Gasteiger partial charge < -0.3 is 10.2 Å². The molecule has 1 aromatic carbocycles. The van der Waals surface area contributed by atoms with Crippen molar-refractivity contribution in [2.24, 2.45) is 0 Å². The molecule has 1 aromatic heterocycles. The number of nitrogens with zero attached hydrogens (tertiary/aromatic N) is 2. The molecule has 0 aliphatic carbocycles. The van der Waals surface area contributed by atoms with Crippen LogP contribution in [0.1, 0.15) is 29.5 Å². The lowest BCUT2D eigenvalue weighted by Crippen LogP contribution is -2.45. The molecule has 1 aliphatic heterocycles. The molecule has 1 aliphatic rings. The molecule has 1 N–H and O–H groups in total. The first-order valence-corrected chi connectivity index (χ1v) is 8.53. The van der Waals surface area contributed by atoms with Crippen molar-refractivity contribution in [1.82, 2.24) is 10.3 Å². The Morgan fingerprint density at radius 1 is 1.19 bits per heavy atom. The Balaban J connectivity index is 1.57. The number of pyridine rings is 1. The zero-order chi connectivity index (χ0) is 18.6. The minimum atomic E-state index is -4.35. The molecule has 6 heteroatoms. The SMILES string of the molecule is C#Cc1ccc(CN[C@H]2CCCN(c3ccc(C(F)(F)F)cn3)C2)cc1. The van der Waals surface area contributed by atoms with E-state index in [0.29, 0.717) is 5.82 Å². The van der Waals surface area contributed by atoms with E-state index in [1.54, 1.807) is 0 Å². The molecule has 0 amide bonds. The zero-order valence-corrected chi connectivity index (χ0v) is 14.3. The van der Waals surface area contributed by atoms with Gasteiger partial charge in [0, 0.05) is 37.4 Å². The first-order valence-electron chi connectivity index (χ1n) is 8.53. The van der Waals surface area contributed by atoms with Gasteiger partial charge >= 0.3 is 6.18 Å². The Hall–Kier alpha value is -2.52. The van der Waals surface area contributed by atoms with Crippen LogP contribution in [0.4, 0.5) is 19.0 Å². The van der Waals surface area contributed by atoms with Crippen molar-refractivity contribution in [3.63, 3.8) is 0 Å². The van der Waals surface area contributed by atoms with Gasteiger partial charge in [-0.1, -0.05) is 18.1 Å². The lowest BCUT2D eigenvalue weighted by molar-refractivity contribution is -0.137. The van der Waals surface area contributed by atoms with Gasteiger partial charge in [0.25, 0.3) is 0 Å². The maximum absolute atomic E-state index is 12.7. The molecular formula is C20H20F3N3. The molecule has 0 spiro atoms. The van der Waals surface area contributed by atoms with Gasteiger partial charge in [0.05, 0.1) is 5.56 Å². The fourth-order valence-electron chi connectivity index (χ4n) is 3.07. The standard InChI is InChI=1S/C20H20F3N3/c1-2-15-5-7-16(8-6-15)12-24-18-4-3-11-26(14-18)19-10-9-17(13-25-19)20(21,22)23/h1,5-10,13,18,24H,3-4,11-12,14H2/t18-/m0/s1. The van der Waals surface area contributed by atoms with E-state index in [2.05, 4.69) is 16.2 Å². The number of aromatic nitrogens is 1. The van der Waals surface area contributed by atoms with Gasteiger partial charge in [-0.25, -0.2) is 4.98 Å². The first-order chi connectivity index (χ1) is 12.5. The molecular weight excluding hydrogens is 339 g/mol. The summed E-state index contributed by atoms with van der Waals surface area (Å²) in [4.78, 5) is 6.03. The number of benzene rings is 1. The Labute approximate surface area is 151 Å². The third-order valence-corrected chi connectivity index (χ3v) is 4.54. The Morgan fingerprint density at radius 3 is 2.58 bits per heavy atom. The highest BCUT2D eigenvalue weighted by atomic mass is 19.4. The molecule has 0 unspecified atom stereocenters. The molecule has 2 heterocycles. The number of terminal acetylenes is 1. The summed E-state index contributed by atoms with van der Waals surface area (Å²) >= 11 is 0. The summed E-state index contributed by atoms with van der Waals surface area (Å²) in [6, 6.07) is 10.6. The second-order valence-corrected chi connectivity index (χ2v) is 6.41. The van der Waals surface area contributed by atoms with E-state index in [4.69, 9.17) is 6.42 Å². The molecule has 0 radical (unpaired) electrons. The summed E-state index contributed by atoms with van der Waals surface area (Å²) in [6.45, 7) is 2.25. The van der Waals surface area contributed by atoms with Crippen molar-refractivity contribution in [3.05, 3.63) is 59.3 Å². The van der Waals surface area contributed by atoms with Crippen LogP contribution in [0.5, 0.6) is 0 Å². The molecule has 136 valence electrons. The smallest absolute Gasteiger partial charge is 0.355 e. The van der Waals surface area contributed by atoms with Crippen molar-refractivity contribution >= 4 is 5.82 Å². The van der Waals surface area contributed by atoms with Crippen molar-refractivity contribution < 1.29 is 13.2 Å². The molecule has 2 aromatic rings. The van der Waals surface area contributed by atoms with E-state index in [0.717, 1.165) is 55.9 Å². The molecule has 3 nitrogen and oxygen atoms in total. The molecule has 0 bridgehead atoms. The third-order valence-electron chi connectivity index (χ3n) is 4.54. The van der Waals surface area contributed by atoms with Gasteiger partial charge in [-0.15, -0.1) is 6.42 Å². The van der Waals surface area contributed by atoms with E-state index in [1.807, 2.05) is 29.2 Å². The number of piperidine rings is 1. The van der Waals surface area contributed by atoms with Gasteiger partial charge in [-0.05, 0) is 42.7 Å². The second-order valence-electron chi connectivity index (χ2n) is 6.41. The fourth-order valence-corrected chi connectivity index (χ4v) is 3.07. The number of alkyl halides is 3. The Kier molecular flexibility index (Phi) is 5.48. The third kappa shape index (κ3) is 4.55. The van der Waals surface area contributed by atoms with Crippen LogP contribution in [-0.2, 0) is 12.7 Å². The van der Waals surface area contributed by atoms with Gasteiger partial charge in [0.1, 0.15) is 5.82 Å². The van der Waals surface area contributed by atoms with Crippen LogP contribution in [0.2, 0.25) is 0 Å². The van der Waals surface area contributed by atoms with Crippen LogP contribution in [0.25, 0.3) is 0 Å². The highest BCUT2D eigenvalue weighted by Crippen LogP contribution is 2.29. The molecule has 1 saturated heterocycles. The van der Waals surface area contributed by atoms with E-state index >= 15 is 0 Å². The maximum atomic E-state index is 12.7. The van der Waals surface area contributed by atoms with Gasteiger partial charge in [-0.3, -0.25) is 0 Å². The van der Waals surface area contributed by atoms with E-state index < -0.39 is 11.7 Å². The molecule has 0 saturated carbocycles. The quantitative estimate of drug-likeness (QED) is 0.841. The molecule has 26 heavy (non-hydrogen) atoms. The normalized spacial score (nSPS) is 17.8. The minimum Gasteiger partial charge on any atom is -0.355 e. The summed E-state index contributed by atoms with van der Waals surface area (Å²) in [5.41, 5.74) is 1.28. The summed E-state index contributed by atoms with van der Waals surface area (Å²) in [5, 5.41) is 3.51. The second kappa shape index (κ2) is 7.79. The topological polar surface area (TPSA) is 28.2 Å². The summed E-state index contributed by atoms with van der Waals surface area (Å²) < 4.78 is 38.0. The van der Waals surface area contributed by atoms with E-state index in [-0.39, 0.29) is 6.04 Å². The first kappa shape index (κ1) is 18.3. The van der Waals surface area contributed by atoms with Gasteiger partial charge in [0.2, 0.25) is 0 Å². The van der Waals surface area contributed by atoms with Crippen molar-refractivity contribution in [3.8, 4) is 12.3 Å². The predicted octanol–water partition coefficient (Wildman–Crippen LogP) is 3.84. The predicted molar refractivity (Wildman–Crippen MR) is 95.7 cm³/mol. The number of hydrogen-bond acceptors (Lipinski definition) is 3. The summed E-state index contributed by atoms with van der Waals surface area (Å²) in [7, 11) is 0. The minimum absolute atomic E-state index is 0.264. The lowest BCUT2D eigenvalue weighted by atomic mass is 10.0. The van der Waals surface area contributed by atoms with E-state index in [9.17, 15) is 13.2 Å². The number of halogens is 3. The lowest BCUT2D eigenvalue weighted by Gasteiger charge is -2.34. The molecule has 3 rings (SSSR count). The van der Waals surface area contributed by atoms with Crippen molar-refractivity contribution in [1.29, 1.82) is 0 Å². The maximum Gasteiger partial charge on any atom is 0.417 e. The fraction of sp³-hybridized carbons (Fsp3) is 0.350. The van der Waals surface area contributed by atoms with Gasteiger partial charge in [0.15, 0.2) is 0 Å². The van der Waals surface area contributed by atoms with Crippen molar-refractivity contribution in [2.75, 3.05) is 18.0 Å². The average Bonchev–Trinajstić information content (AvgIpc) is 2.66. The highest BCUT2D eigenvalue weighted by molar-refractivity contribution is 5.40. The van der Waals surface area contributed by atoms with Crippen LogP contribution in [0, 0.1) is 12.3 Å².